The maximum atomic E-state index is 12.8. The molecule has 0 saturated carbocycles. The van der Waals surface area contributed by atoms with E-state index in [1.54, 1.807) is 0 Å². The average Bonchev–Trinajstić information content (AvgIpc) is 1.94. The second-order valence-electron chi connectivity index (χ2n) is 2.27. The van der Waals surface area contributed by atoms with E-state index >= 15 is 0 Å². The van der Waals surface area contributed by atoms with Crippen LogP contribution in [-0.4, -0.2) is 19.3 Å². The first-order valence-corrected chi connectivity index (χ1v) is 3.28. The predicted octanol–water partition coefficient (Wildman–Crippen LogP) is 0.768. The smallest absolute Gasteiger partial charge is 0.135 e. The molecule has 1 fully saturated rings. The highest BCUT2D eigenvalue weighted by molar-refractivity contribution is 5.19. The van der Waals surface area contributed by atoms with Crippen molar-refractivity contribution >= 4 is 0 Å². The van der Waals surface area contributed by atoms with Crippen LogP contribution in [0.2, 0.25) is 0 Å². The number of nitrogens with one attached hydrogen (secondary N) is 1. The summed E-state index contributed by atoms with van der Waals surface area (Å²) in [5.74, 6) is 0. The van der Waals surface area contributed by atoms with Crippen molar-refractivity contribution in [2.75, 3.05) is 13.1 Å². The second-order valence-corrected chi connectivity index (χ2v) is 2.27. The molecule has 1 N–H and O–H groups in total. The number of allylic oxidation sites excluding steroid dienone is 1. The molecule has 1 unspecified atom stereocenters. The normalized spacial score (nSPS) is 30.0. The molecule has 0 spiro atoms. The van der Waals surface area contributed by atoms with Gasteiger partial charge >= 0.3 is 0 Å². The zero-order valence-corrected chi connectivity index (χ0v) is 5.60. The number of rotatable bonds is 0. The van der Waals surface area contributed by atoms with E-state index in [0.29, 0.717) is 18.5 Å². The van der Waals surface area contributed by atoms with Crippen molar-refractivity contribution in [2.24, 2.45) is 0 Å². The molecule has 0 aromatic rings. The summed E-state index contributed by atoms with van der Waals surface area (Å²) in [5, 5.41) is 11.1. The fraction of sp³-hybridized carbons (Fsp3) is 0.571. The van der Waals surface area contributed by atoms with E-state index in [2.05, 4.69) is 5.32 Å². The van der Waals surface area contributed by atoms with Gasteiger partial charge in [-0.3, -0.25) is 0 Å². The number of nitriles is 1. The Morgan fingerprint density at radius 2 is 2.60 bits per heavy atom. The minimum atomic E-state index is -0.951. The molecule has 0 aliphatic carbocycles. The van der Waals surface area contributed by atoms with Gasteiger partial charge in [0, 0.05) is 12.6 Å². The first-order valence-electron chi connectivity index (χ1n) is 3.28. The Bertz CT molecular complexity index is 181. The molecular weight excluding hydrogens is 131 g/mol. The molecule has 1 rings (SSSR count). The predicted molar refractivity (Wildman–Crippen MR) is 36.1 cm³/mol. The highest BCUT2D eigenvalue weighted by Gasteiger charge is 2.16. The number of nitrogens with zero attached hydrogens (tertiary/aromatic N) is 1. The van der Waals surface area contributed by atoms with Gasteiger partial charge in [-0.05, 0) is 18.5 Å². The van der Waals surface area contributed by atoms with Gasteiger partial charge in [0.15, 0.2) is 0 Å². The largest absolute Gasteiger partial charge is 0.313 e. The molecule has 1 aliphatic heterocycles. The topological polar surface area (TPSA) is 35.8 Å². The summed E-state index contributed by atoms with van der Waals surface area (Å²) in [6, 6.07) is 1.84. The number of halogens is 1. The zero-order valence-electron chi connectivity index (χ0n) is 5.60. The van der Waals surface area contributed by atoms with Crippen LogP contribution < -0.4 is 5.32 Å². The molecule has 1 saturated heterocycles. The average molecular weight is 140 g/mol. The Morgan fingerprint density at radius 1 is 1.80 bits per heavy atom. The van der Waals surface area contributed by atoms with Crippen LogP contribution in [-0.2, 0) is 0 Å². The molecule has 0 aromatic heterocycles. The molecule has 0 aromatic carbocycles. The molecule has 1 atom stereocenters. The standard InChI is InChI=1S/C7H9FN2/c8-7-5-10-4-2-6(7)1-3-9/h1,7,10H,2,4-5H2/b6-1+. The van der Waals surface area contributed by atoms with Gasteiger partial charge in [0.1, 0.15) is 6.17 Å². The lowest BCUT2D eigenvalue weighted by molar-refractivity contribution is 0.332. The van der Waals surface area contributed by atoms with Gasteiger partial charge < -0.3 is 5.32 Å². The van der Waals surface area contributed by atoms with Crippen molar-refractivity contribution in [2.45, 2.75) is 12.6 Å². The summed E-state index contributed by atoms with van der Waals surface area (Å²) in [6.45, 7) is 1.14. The number of hydrogen-bond donors (Lipinski definition) is 1. The van der Waals surface area contributed by atoms with E-state index in [1.807, 2.05) is 6.07 Å². The number of alkyl halides is 1. The van der Waals surface area contributed by atoms with Crippen molar-refractivity contribution in [3.63, 3.8) is 0 Å². The van der Waals surface area contributed by atoms with Gasteiger partial charge in [0.25, 0.3) is 0 Å². The monoisotopic (exact) mass is 140 g/mol. The van der Waals surface area contributed by atoms with Gasteiger partial charge in [0.05, 0.1) is 6.07 Å². The van der Waals surface area contributed by atoms with E-state index in [1.165, 1.54) is 6.08 Å². The van der Waals surface area contributed by atoms with E-state index in [-0.39, 0.29) is 0 Å². The Balaban J connectivity index is 2.58. The summed E-state index contributed by atoms with van der Waals surface area (Å²) < 4.78 is 12.8. The van der Waals surface area contributed by atoms with Crippen LogP contribution in [0.4, 0.5) is 4.39 Å². The lowest BCUT2D eigenvalue weighted by Crippen LogP contribution is -2.32. The van der Waals surface area contributed by atoms with Crippen LogP contribution in [0.15, 0.2) is 11.6 Å². The Labute approximate surface area is 59.3 Å². The van der Waals surface area contributed by atoms with Crippen LogP contribution in [0.3, 0.4) is 0 Å². The highest BCUT2D eigenvalue weighted by Crippen LogP contribution is 2.13. The lowest BCUT2D eigenvalue weighted by atomic mass is 10.0. The molecule has 3 heteroatoms. The third-order valence-corrected chi connectivity index (χ3v) is 1.57. The molecule has 0 bridgehead atoms. The number of piperidine rings is 1. The van der Waals surface area contributed by atoms with Crippen molar-refractivity contribution in [1.29, 1.82) is 5.26 Å². The quantitative estimate of drug-likeness (QED) is 0.504. The molecular formula is C7H9FN2. The second kappa shape index (κ2) is 3.33. The summed E-state index contributed by atoms with van der Waals surface area (Å²) >= 11 is 0. The lowest BCUT2D eigenvalue weighted by Gasteiger charge is -2.18. The molecule has 0 radical (unpaired) electrons. The van der Waals surface area contributed by atoms with Crippen molar-refractivity contribution < 1.29 is 4.39 Å². The van der Waals surface area contributed by atoms with E-state index in [9.17, 15) is 4.39 Å². The Morgan fingerprint density at radius 3 is 3.20 bits per heavy atom. The third kappa shape index (κ3) is 1.55. The highest BCUT2D eigenvalue weighted by atomic mass is 19.1. The summed E-state index contributed by atoms with van der Waals surface area (Å²) in [7, 11) is 0. The summed E-state index contributed by atoms with van der Waals surface area (Å²) in [5.41, 5.74) is 0.626. The van der Waals surface area contributed by atoms with Gasteiger partial charge in [-0.2, -0.15) is 5.26 Å². The summed E-state index contributed by atoms with van der Waals surface area (Å²) in [6.07, 6.45) is 1.02. The first-order chi connectivity index (χ1) is 4.84. The fourth-order valence-electron chi connectivity index (χ4n) is 0.995. The number of hydrogen-bond acceptors (Lipinski definition) is 2. The van der Waals surface area contributed by atoms with E-state index in [0.717, 1.165) is 6.54 Å². The van der Waals surface area contributed by atoms with E-state index in [4.69, 9.17) is 5.26 Å². The van der Waals surface area contributed by atoms with Gasteiger partial charge in [-0.1, -0.05) is 0 Å². The summed E-state index contributed by atoms with van der Waals surface area (Å²) in [4.78, 5) is 0. The van der Waals surface area contributed by atoms with Crippen molar-refractivity contribution in [1.82, 2.24) is 5.32 Å². The van der Waals surface area contributed by atoms with E-state index < -0.39 is 6.17 Å². The van der Waals surface area contributed by atoms with Crippen LogP contribution in [0.25, 0.3) is 0 Å². The SMILES string of the molecule is N#C/C=C1\CCNCC1F. The molecule has 2 nitrogen and oxygen atoms in total. The molecule has 10 heavy (non-hydrogen) atoms. The molecule has 0 amide bonds. The zero-order chi connectivity index (χ0) is 7.40. The molecule has 1 heterocycles. The van der Waals surface area contributed by atoms with Crippen LogP contribution in [0.5, 0.6) is 0 Å². The minimum Gasteiger partial charge on any atom is -0.313 e. The maximum Gasteiger partial charge on any atom is 0.135 e. The third-order valence-electron chi connectivity index (χ3n) is 1.57. The van der Waals surface area contributed by atoms with Crippen LogP contribution in [0.1, 0.15) is 6.42 Å². The van der Waals surface area contributed by atoms with Gasteiger partial charge in [-0.15, -0.1) is 0 Å². The van der Waals surface area contributed by atoms with Crippen molar-refractivity contribution in [3.05, 3.63) is 11.6 Å². The van der Waals surface area contributed by atoms with Crippen molar-refractivity contribution in [3.8, 4) is 6.07 Å². The Kier molecular flexibility index (Phi) is 2.41. The minimum absolute atomic E-state index is 0.355. The fourth-order valence-corrected chi connectivity index (χ4v) is 0.995. The Hall–Kier alpha value is -0.880. The maximum absolute atomic E-state index is 12.8. The van der Waals surface area contributed by atoms with Crippen LogP contribution >= 0.6 is 0 Å². The molecule has 54 valence electrons. The molecule has 1 aliphatic rings. The van der Waals surface area contributed by atoms with Gasteiger partial charge in [0.2, 0.25) is 0 Å². The van der Waals surface area contributed by atoms with Crippen LogP contribution in [0, 0.1) is 11.3 Å². The first kappa shape index (κ1) is 7.23. The van der Waals surface area contributed by atoms with Gasteiger partial charge in [-0.25, -0.2) is 4.39 Å².